The number of carbonyl (C=O) groups excluding carboxylic acids is 1. The molecule has 0 unspecified atom stereocenters. The van der Waals surface area contributed by atoms with Crippen LogP contribution in [-0.2, 0) is 9.05 Å². The van der Waals surface area contributed by atoms with E-state index in [1.165, 1.54) is 43.5 Å². The Hall–Kier alpha value is -1.07. The van der Waals surface area contributed by atoms with Gasteiger partial charge in [-0.1, -0.05) is 12.8 Å². The molecule has 0 heterocycles. The van der Waals surface area contributed by atoms with Crippen molar-refractivity contribution in [1.82, 2.24) is 5.32 Å². The molecule has 1 aromatic carbocycles. The van der Waals surface area contributed by atoms with Gasteiger partial charge in [0.1, 0.15) is 0 Å². The van der Waals surface area contributed by atoms with Gasteiger partial charge in [-0.3, -0.25) is 4.79 Å². The van der Waals surface area contributed by atoms with Crippen molar-refractivity contribution < 1.29 is 13.2 Å². The van der Waals surface area contributed by atoms with Crippen LogP contribution in [0.4, 0.5) is 0 Å². The van der Waals surface area contributed by atoms with E-state index in [0.717, 1.165) is 12.3 Å². The summed E-state index contributed by atoms with van der Waals surface area (Å²) in [6, 6.07) is 5.60. The predicted octanol–water partition coefficient (Wildman–Crippen LogP) is 2.53. The third kappa shape index (κ3) is 4.51. The maximum absolute atomic E-state index is 11.8. The zero-order valence-corrected chi connectivity index (χ0v) is 12.0. The van der Waals surface area contributed by atoms with Gasteiger partial charge in [-0.15, -0.1) is 0 Å². The minimum atomic E-state index is -3.73. The molecule has 0 saturated heterocycles. The van der Waals surface area contributed by atoms with Crippen molar-refractivity contribution in [2.24, 2.45) is 5.92 Å². The van der Waals surface area contributed by atoms with E-state index in [4.69, 9.17) is 10.7 Å². The molecule has 2 rings (SSSR count). The summed E-state index contributed by atoms with van der Waals surface area (Å²) < 4.78 is 22.1. The fraction of sp³-hybridized carbons (Fsp3) is 0.462. The van der Waals surface area contributed by atoms with Crippen molar-refractivity contribution in [1.29, 1.82) is 0 Å². The summed E-state index contributed by atoms with van der Waals surface area (Å²) in [5.74, 6) is 0.680. The van der Waals surface area contributed by atoms with E-state index in [1.54, 1.807) is 0 Å². The number of benzene rings is 1. The van der Waals surface area contributed by atoms with Gasteiger partial charge >= 0.3 is 0 Å². The molecule has 0 spiro atoms. The fourth-order valence-electron chi connectivity index (χ4n) is 1.87. The number of nitrogens with one attached hydrogen (secondary N) is 1. The summed E-state index contributed by atoms with van der Waals surface area (Å²) >= 11 is 0. The van der Waals surface area contributed by atoms with Gasteiger partial charge in [0, 0.05) is 22.8 Å². The first-order valence-corrected chi connectivity index (χ1v) is 8.60. The van der Waals surface area contributed by atoms with Crippen molar-refractivity contribution in [3.8, 4) is 0 Å². The average molecular weight is 302 g/mol. The van der Waals surface area contributed by atoms with Crippen LogP contribution in [0.5, 0.6) is 0 Å². The van der Waals surface area contributed by atoms with Crippen LogP contribution in [0, 0.1) is 5.92 Å². The second-order valence-electron chi connectivity index (χ2n) is 4.80. The lowest BCUT2D eigenvalue weighted by atomic mass is 10.2. The van der Waals surface area contributed by atoms with E-state index in [2.05, 4.69) is 5.32 Å². The van der Waals surface area contributed by atoms with Crippen LogP contribution >= 0.6 is 10.7 Å². The van der Waals surface area contributed by atoms with Crippen LogP contribution in [0.1, 0.15) is 36.0 Å². The standard InChI is InChI=1S/C13H16ClNO3S/c14-19(17,18)12-7-5-11(6-8-12)13(16)15-9-1-2-10-3-4-10/h5-8,10H,1-4,9H2,(H,15,16). The lowest BCUT2D eigenvalue weighted by Gasteiger charge is -2.05. The van der Waals surface area contributed by atoms with E-state index in [1.807, 2.05) is 0 Å². The molecule has 0 aliphatic heterocycles. The van der Waals surface area contributed by atoms with Gasteiger partial charge in [0.2, 0.25) is 0 Å². The first kappa shape index (κ1) is 14.3. The number of halogens is 1. The Balaban J connectivity index is 1.84. The highest BCUT2D eigenvalue weighted by Crippen LogP contribution is 2.33. The number of amides is 1. The quantitative estimate of drug-likeness (QED) is 0.649. The number of carbonyl (C=O) groups is 1. The smallest absolute Gasteiger partial charge is 0.261 e. The second-order valence-corrected chi connectivity index (χ2v) is 7.37. The van der Waals surface area contributed by atoms with Gasteiger partial charge in [-0.05, 0) is 43.0 Å². The molecule has 19 heavy (non-hydrogen) atoms. The zero-order chi connectivity index (χ0) is 13.9. The third-order valence-corrected chi connectivity index (χ3v) is 4.54. The van der Waals surface area contributed by atoms with E-state index in [9.17, 15) is 13.2 Å². The molecule has 1 saturated carbocycles. The normalized spacial score (nSPS) is 15.2. The second kappa shape index (κ2) is 5.92. The minimum absolute atomic E-state index is 0.000509. The molecule has 6 heteroatoms. The lowest BCUT2D eigenvalue weighted by molar-refractivity contribution is 0.0952. The van der Waals surface area contributed by atoms with Gasteiger partial charge in [-0.2, -0.15) is 0 Å². The highest BCUT2D eigenvalue weighted by molar-refractivity contribution is 8.13. The maximum Gasteiger partial charge on any atom is 0.261 e. The number of hydrogen-bond acceptors (Lipinski definition) is 3. The molecule has 1 aliphatic carbocycles. The lowest BCUT2D eigenvalue weighted by Crippen LogP contribution is -2.24. The van der Waals surface area contributed by atoms with E-state index >= 15 is 0 Å². The monoisotopic (exact) mass is 301 g/mol. The molecular formula is C13H16ClNO3S. The Morgan fingerprint density at radius 1 is 1.26 bits per heavy atom. The maximum atomic E-state index is 11.8. The van der Waals surface area contributed by atoms with Crippen LogP contribution < -0.4 is 5.32 Å². The molecule has 0 atom stereocenters. The van der Waals surface area contributed by atoms with Gasteiger partial charge < -0.3 is 5.32 Å². The third-order valence-electron chi connectivity index (χ3n) is 3.17. The molecule has 0 bridgehead atoms. The first-order chi connectivity index (χ1) is 8.97. The fourth-order valence-corrected chi connectivity index (χ4v) is 2.64. The van der Waals surface area contributed by atoms with Crippen LogP contribution in [-0.4, -0.2) is 20.9 Å². The highest BCUT2D eigenvalue weighted by Gasteiger charge is 2.20. The van der Waals surface area contributed by atoms with Gasteiger partial charge in [0.25, 0.3) is 15.0 Å². The van der Waals surface area contributed by atoms with Gasteiger partial charge in [0.05, 0.1) is 4.90 Å². The summed E-state index contributed by atoms with van der Waals surface area (Å²) in [5.41, 5.74) is 0.440. The van der Waals surface area contributed by atoms with E-state index < -0.39 is 9.05 Å². The number of rotatable bonds is 6. The van der Waals surface area contributed by atoms with Gasteiger partial charge in [-0.25, -0.2) is 8.42 Å². The average Bonchev–Trinajstić information content (AvgIpc) is 3.17. The van der Waals surface area contributed by atoms with Crippen LogP contribution in [0.25, 0.3) is 0 Å². The summed E-state index contributed by atoms with van der Waals surface area (Å²) in [4.78, 5) is 11.8. The van der Waals surface area contributed by atoms with Crippen molar-refractivity contribution >= 4 is 25.6 Å². The van der Waals surface area contributed by atoms with E-state index in [-0.39, 0.29) is 10.8 Å². The van der Waals surface area contributed by atoms with Crippen molar-refractivity contribution in [2.45, 2.75) is 30.6 Å². The summed E-state index contributed by atoms with van der Waals surface area (Å²) in [7, 11) is 1.47. The topological polar surface area (TPSA) is 63.2 Å². The molecule has 104 valence electrons. The molecule has 1 N–H and O–H groups in total. The van der Waals surface area contributed by atoms with Crippen molar-refractivity contribution in [3.05, 3.63) is 29.8 Å². The highest BCUT2D eigenvalue weighted by atomic mass is 35.7. The predicted molar refractivity (Wildman–Crippen MR) is 73.8 cm³/mol. The zero-order valence-electron chi connectivity index (χ0n) is 10.4. The minimum Gasteiger partial charge on any atom is -0.352 e. The molecule has 1 fully saturated rings. The Morgan fingerprint density at radius 2 is 1.89 bits per heavy atom. The summed E-state index contributed by atoms with van der Waals surface area (Å²) in [6.07, 6.45) is 4.80. The van der Waals surface area contributed by atoms with Crippen molar-refractivity contribution in [3.63, 3.8) is 0 Å². The van der Waals surface area contributed by atoms with E-state index in [0.29, 0.717) is 12.1 Å². The number of hydrogen-bond donors (Lipinski definition) is 1. The molecule has 0 radical (unpaired) electrons. The Morgan fingerprint density at radius 3 is 2.42 bits per heavy atom. The van der Waals surface area contributed by atoms with Crippen LogP contribution in [0.15, 0.2) is 29.2 Å². The Bertz CT molecular complexity index is 550. The first-order valence-electron chi connectivity index (χ1n) is 6.30. The van der Waals surface area contributed by atoms with Crippen LogP contribution in [0.2, 0.25) is 0 Å². The van der Waals surface area contributed by atoms with Crippen LogP contribution in [0.3, 0.4) is 0 Å². The Kier molecular flexibility index (Phi) is 4.47. The van der Waals surface area contributed by atoms with Gasteiger partial charge in [0.15, 0.2) is 0 Å². The summed E-state index contributed by atoms with van der Waals surface area (Å²) in [5, 5.41) is 2.82. The molecular weight excluding hydrogens is 286 g/mol. The molecule has 1 aromatic rings. The summed E-state index contributed by atoms with van der Waals surface area (Å²) in [6.45, 7) is 0.658. The molecule has 4 nitrogen and oxygen atoms in total. The molecule has 1 aliphatic rings. The molecule has 1 amide bonds. The van der Waals surface area contributed by atoms with Crippen molar-refractivity contribution in [2.75, 3.05) is 6.54 Å². The molecule has 0 aromatic heterocycles. The Labute approximate surface area is 117 Å². The SMILES string of the molecule is O=C(NCCCC1CC1)c1ccc(S(=O)(=O)Cl)cc1. The largest absolute Gasteiger partial charge is 0.352 e.